The zero-order valence-electron chi connectivity index (χ0n) is 8.51. The Morgan fingerprint density at radius 3 is 2.60 bits per heavy atom. The molecule has 0 aromatic heterocycles. The fraction of sp³-hybridized carbons (Fsp3) is 0.455. The van der Waals surface area contributed by atoms with E-state index in [0.717, 1.165) is 10.0 Å². The summed E-state index contributed by atoms with van der Waals surface area (Å²) in [5.74, 6) is 0. The molecule has 0 aliphatic heterocycles. The molecule has 4 heteroatoms. The van der Waals surface area contributed by atoms with Gasteiger partial charge in [0.15, 0.2) is 0 Å². The average Bonchev–Trinajstić information content (AvgIpc) is 2.17. The molecule has 1 aromatic rings. The monoisotopic (exact) mass is 277 g/mol. The van der Waals surface area contributed by atoms with Crippen molar-refractivity contribution in [2.24, 2.45) is 11.1 Å². The van der Waals surface area contributed by atoms with Gasteiger partial charge in [0.1, 0.15) is 0 Å². The van der Waals surface area contributed by atoms with E-state index in [9.17, 15) is 8.78 Å². The third kappa shape index (κ3) is 3.24. The summed E-state index contributed by atoms with van der Waals surface area (Å²) < 4.78 is 26.5. The first-order valence-electron chi connectivity index (χ1n) is 4.70. The van der Waals surface area contributed by atoms with Gasteiger partial charge in [-0.3, -0.25) is 0 Å². The normalized spacial score (nSPS) is 15.3. The van der Waals surface area contributed by atoms with E-state index in [1.807, 2.05) is 24.3 Å². The van der Waals surface area contributed by atoms with Crippen molar-refractivity contribution in [3.8, 4) is 0 Å². The summed E-state index contributed by atoms with van der Waals surface area (Å²) in [7, 11) is 0. The molecule has 0 spiro atoms. The zero-order valence-corrected chi connectivity index (χ0v) is 10.1. The van der Waals surface area contributed by atoms with Gasteiger partial charge in [0.25, 0.3) is 0 Å². The van der Waals surface area contributed by atoms with Crippen molar-refractivity contribution in [1.82, 2.24) is 0 Å². The Morgan fingerprint density at radius 1 is 1.47 bits per heavy atom. The summed E-state index contributed by atoms with van der Waals surface area (Å²) in [5.41, 5.74) is 5.14. The molecule has 1 atom stereocenters. The molecule has 1 rings (SSSR count). The molecule has 2 N–H and O–H groups in total. The Balaban J connectivity index is 2.84. The van der Waals surface area contributed by atoms with Crippen LogP contribution in [0.5, 0.6) is 0 Å². The second-order valence-corrected chi connectivity index (χ2v) is 4.88. The van der Waals surface area contributed by atoms with Crippen molar-refractivity contribution < 1.29 is 8.78 Å². The van der Waals surface area contributed by atoms with Crippen molar-refractivity contribution in [3.63, 3.8) is 0 Å². The van der Waals surface area contributed by atoms with Crippen molar-refractivity contribution in [1.29, 1.82) is 0 Å². The predicted molar refractivity (Wildman–Crippen MR) is 61.0 cm³/mol. The number of alkyl halides is 2. The van der Waals surface area contributed by atoms with Crippen LogP contribution in [0.1, 0.15) is 12.5 Å². The Kier molecular flexibility index (Phi) is 4.22. The van der Waals surface area contributed by atoms with Gasteiger partial charge < -0.3 is 5.73 Å². The third-order valence-electron chi connectivity index (χ3n) is 2.49. The lowest BCUT2D eigenvalue weighted by molar-refractivity contribution is 0.0133. The Labute approximate surface area is 96.8 Å². The van der Waals surface area contributed by atoms with Crippen LogP contribution in [0.2, 0.25) is 0 Å². The highest BCUT2D eigenvalue weighted by Gasteiger charge is 2.33. The van der Waals surface area contributed by atoms with Gasteiger partial charge in [-0.05, 0) is 24.1 Å². The molecule has 1 aromatic carbocycles. The fourth-order valence-electron chi connectivity index (χ4n) is 1.35. The second kappa shape index (κ2) is 5.03. The van der Waals surface area contributed by atoms with Crippen molar-refractivity contribution >= 4 is 15.9 Å². The topological polar surface area (TPSA) is 26.0 Å². The summed E-state index contributed by atoms with van der Waals surface area (Å²) in [4.78, 5) is 0. The van der Waals surface area contributed by atoms with E-state index in [1.54, 1.807) is 0 Å². The maximum Gasteiger partial charge on any atom is 0.245 e. The fourth-order valence-corrected chi connectivity index (χ4v) is 1.80. The summed E-state index contributed by atoms with van der Waals surface area (Å²) in [6.45, 7) is 1.50. The zero-order chi connectivity index (χ0) is 11.5. The van der Waals surface area contributed by atoms with Crippen LogP contribution in [0, 0.1) is 5.41 Å². The number of hydrogen-bond acceptors (Lipinski definition) is 1. The van der Waals surface area contributed by atoms with Gasteiger partial charge in [0.2, 0.25) is 6.43 Å². The molecule has 1 nitrogen and oxygen atoms in total. The maximum atomic E-state index is 12.8. The number of benzene rings is 1. The molecule has 0 aliphatic carbocycles. The molecular weight excluding hydrogens is 264 g/mol. The molecule has 15 heavy (non-hydrogen) atoms. The van der Waals surface area contributed by atoms with Crippen LogP contribution < -0.4 is 5.73 Å². The maximum absolute atomic E-state index is 12.8. The van der Waals surface area contributed by atoms with Crippen LogP contribution >= 0.6 is 15.9 Å². The largest absolute Gasteiger partial charge is 0.330 e. The minimum atomic E-state index is -2.40. The average molecular weight is 278 g/mol. The molecule has 0 radical (unpaired) electrons. The van der Waals surface area contributed by atoms with Crippen molar-refractivity contribution in [2.45, 2.75) is 19.8 Å². The number of rotatable bonds is 4. The Hall–Kier alpha value is -0.480. The van der Waals surface area contributed by atoms with Gasteiger partial charge in [0, 0.05) is 16.4 Å². The van der Waals surface area contributed by atoms with Crippen molar-refractivity contribution in [3.05, 3.63) is 34.3 Å². The Morgan fingerprint density at radius 2 is 2.13 bits per heavy atom. The smallest absolute Gasteiger partial charge is 0.245 e. The van der Waals surface area contributed by atoms with Crippen LogP contribution in [0.4, 0.5) is 8.78 Å². The van der Waals surface area contributed by atoms with Gasteiger partial charge >= 0.3 is 0 Å². The molecule has 0 aliphatic rings. The van der Waals surface area contributed by atoms with E-state index in [-0.39, 0.29) is 6.54 Å². The lowest BCUT2D eigenvalue weighted by Gasteiger charge is -2.27. The van der Waals surface area contributed by atoms with Crippen LogP contribution in [-0.4, -0.2) is 13.0 Å². The van der Waals surface area contributed by atoms with Gasteiger partial charge in [-0.25, -0.2) is 8.78 Å². The molecule has 0 heterocycles. The highest BCUT2D eigenvalue weighted by molar-refractivity contribution is 9.10. The van der Waals surface area contributed by atoms with E-state index in [0.29, 0.717) is 6.42 Å². The quantitative estimate of drug-likeness (QED) is 0.899. The highest BCUT2D eigenvalue weighted by atomic mass is 79.9. The summed E-state index contributed by atoms with van der Waals surface area (Å²) >= 11 is 3.31. The van der Waals surface area contributed by atoms with Crippen LogP contribution in [0.25, 0.3) is 0 Å². The molecule has 84 valence electrons. The van der Waals surface area contributed by atoms with E-state index in [2.05, 4.69) is 15.9 Å². The standard InChI is InChI=1S/C11H14BrF2N/c1-11(7-15,10(13)14)6-8-3-2-4-9(12)5-8/h2-5,10H,6-7,15H2,1H3. The molecule has 0 saturated heterocycles. The minimum absolute atomic E-state index is 0.0167. The summed E-state index contributed by atoms with van der Waals surface area (Å²) in [5, 5.41) is 0. The van der Waals surface area contributed by atoms with E-state index in [1.165, 1.54) is 6.92 Å². The molecular formula is C11H14BrF2N. The molecule has 1 unspecified atom stereocenters. The number of nitrogens with two attached hydrogens (primary N) is 1. The van der Waals surface area contributed by atoms with Crippen molar-refractivity contribution in [2.75, 3.05) is 6.54 Å². The lowest BCUT2D eigenvalue weighted by Crippen LogP contribution is -2.36. The van der Waals surface area contributed by atoms with Gasteiger partial charge in [-0.2, -0.15) is 0 Å². The molecule has 0 bridgehead atoms. The molecule has 0 fully saturated rings. The van der Waals surface area contributed by atoms with E-state index >= 15 is 0 Å². The minimum Gasteiger partial charge on any atom is -0.330 e. The SMILES string of the molecule is CC(CN)(Cc1cccc(Br)c1)C(F)F. The van der Waals surface area contributed by atoms with E-state index in [4.69, 9.17) is 5.73 Å². The van der Waals surface area contributed by atoms with Gasteiger partial charge in [0.05, 0.1) is 0 Å². The van der Waals surface area contributed by atoms with Crippen LogP contribution in [-0.2, 0) is 6.42 Å². The van der Waals surface area contributed by atoms with Crippen LogP contribution in [0.3, 0.4) is 0 Å². The summed E-state index contributed by atoms with van der Waals surface area (Å²) in [6.07, 6.45) is -2.11. The second-order valence-electron chi connectivity index (χ2n) is 3.97. The molecule has 0 saturated carbocycles. The first kappa shape index (κ1) is 12.6. The predicted octanol–water partition coefficient (Wildman–Crippen LogP) is 3.22. The summed E-state index contributed by atoms with van der Waals surface area (Å²) in [6, 6.07) is 7.38. The van der Waals surface area contributed by atoms with Gasteiger partial charge in [-0.1, -0.05) is 35.0 Å². The highest BCUT2D eigenvalue weighted by Crippen LogP contribution is 2.29. The Bertz CT molecular complexity index is 330. The first-order valence-corrected chi connectivity index (χ1v) is 5.50. The lowest BCUT2D eigenvalue weighted by atomic mass is 9.84. The van der Waals surface area contributed by atoms with Crippen LogP contribution in [0.15, 0.2) is 28.7 Å². The van der Waals surface area contributed by atoms with Gasteiger partial charge in [-0.15, -0.1) is 0 Å². The third-order valence-corrected chi connectivity index (χ3v) is 2.98. The number of halogens is 3. The molecule has 0 amide bonds. The van der Waals surface area contributed by atoms with E-state index < -0.39 is 11.8 Å². The first-order chi connectivity index (χ1) is 6.98. The number of hydrogen-bond donors (Lipinski definition) is 1.